The van der Waals surface area contributed by atoms with Crippen molar-refractivity contribution in [1.82, 2.24) is 9.55 Å². The van der Waals surface area contributed by atoms with E-state index in [9.17, 15) is 0 Å². The molecule has 0 aliphatic carbocycles. The van der Waals surface area contributed by atoms with Crippen molar-refractivity contribution in [2.24, 2.45) is 0 Å². The number of nitriles is 1. The Hall–Kier alpha value is -1.99. The van der Waals surface area contributed by atoms with Crippen molar-refractivity contribution in [3.63, 3.8) is 0 Å². The van der Waals surface area contributed by atoms with Gasteiger partial charge in [0.05, 0.1) is 29.2 Å². The third-order valence-corrected chi connectivity index (χ3v) is 3.02. The van der Waals surface area contributed by atoms with Crippen LogP contribution in [0.15, 0.2) is 30.7 Å². The zero-order valence-electron chi connectivity index (χ0n) is 10.0. The number of hydrogen-bond donors (Lipinski definition) is 1. The van der Waals surface area contributed by atoms with Gasteiger partial charge in [0.15, 0.2) is 0 Å². The monoisotopic (exact) mass is 260 g/mol. The van der Waals surface area contributed by atoms with Crippen molar-refractivity contribution in [2.75, 3.05) is 5.32 Å². The summed E-state index contributed by atoms with van der Waals surface area (Å²) in [6.07, 6.45) is 3.64. The molecule has 5 heteroatoms. The van der Waals surface area contributed by atoms with Gasteiger partial charge in [0.2, 0.25) is 0 Å². The SMILES string of the molecule is CCn1cncc1CNc1ccc(C#N)c(Cl)c1. The lowest BCUT2D eigenvalue weighted by Crippen LogP contribution is -2.05. The minimum atomic E-state index is 0.464. The zero-order valence-corrected chi connectivity index (χ0v) is 10.8. The predicted octanol–water partition coefficient (Wildman–Crippen LogP) is 3.04. The fourth-order valence-corrected chi connectivity index (χ4v) is 1.91. The second-order valence-corrected chi connectivity index (χ2v) is 4.24. The molecule has 4 nitrogen and oxygen atoms in total. The van der Waals surface area contributed by atoms with E-state index >= 15 is 0 Å². The molecule has 92 valence electrons. The summed E-state index contributed by atoms with van der Waals surface area (Å²) < 4.78 is 2.07. The van der Waals surface area contributed by atoms with Gasteiger partial charge in [0, 0.05) is 18.4 Å². The molecule has 0 fully saturated rings. The molecule has 2 rings (SSSR count). The largest absolute Gasteiger partial charge is 0.379 e. The number of rotatable bonds is 4. The molecule has 0 saturated carbocycles. The molecule has 0 atom stereocenters. The molecule has 0 amide bonds. The van der Waals surface area contributed by atoms with Gasteiger partial charge in [-0.25, -0.2) is 4.98 Å². The number of nitrogens with zero attached hydrogens (tertiary/aromatic N) is 3. The van der Waals surface area contributed by atoms with Gasteiger partial charge < -0.3 is 9.88 Å². The first-order valence-electron chi connectivity index (χ1n) is 5.67. The average molecular weight is 261 g/mol. The lowest BCUT2D eigenvalue weighted by atomic mass is 10.2. The van der Waals surface area contributed by atoms with Crippen LogP contribution in [0.1, 0.15) is 18.2 Å². The summed E-state index contributed by atoms with van der Waals surface area (Å²) in [6.45, 7) is 3.64. The van der Waals surface area contributed by atoms with Gasteiger partial charge >= 0.3 is 0 Å². The smallest absolute Gasteiger partial charge is 0.101 e. The summed E-state index contributed by atoms with van der Waals surface area (Å²) in [7, 11) is 0. The van der Waals surface area contributed by atoms with Crippen LogP contribution in [0.3, 0.4) is 0 Å². The summed E-state index contributed by atoms with van der Waals surface area (Å²) in [6, 6.07) is 7.35. The fraction of sp³-hybridized carbons (Fsp3) is 0.231. The summed E-state index contributed by atoms with van der Waals surface area (Å²) in [5, 5.41) is 12.5. The summed E-state index contributed by atoms with van der Waals surface area (Å²) in [4.78, 5) is 4.10. The molecular formula is C13H13ClN4. The van der Waals surface area contributed by atoms with Crippen molar-refractivity contribution in [3.8, 4) is 6.07 Å². The van der Waals surface area contributed by atoms with Crippen LogP contribution in [0.2, 0.25) is 5.02 Å². The van der Waals surface area contributed by atoms with Crippen molar-refractivity contribution in [1.29, 1.82) is 5.26 Å². The highest BCUT2D eigenvalue weighted by Crippen LogP contribution is 2.20. The Bertz CT molecular complexity index is 583. The molecule has 0 saturated heterocycles. The van der Waals surface area contributed by atoms with Crippen molar-refractivity contribution in [2.45, 2.75) is 20.0 Å². The number of halogens is 1. The van der Waals surface area contributed by atoms with Crippen LogP contribution in [0.25, 0.3) is 0 Å². The first kappa shape index (κ1) is 12.5. The lowest BCUT2D eigenvalue weighted by molar-refractivity contribution is 0.719. The van der Waals surface area contributed by atoms with E-state index in [0.29, 0.717) is 17.1 Å². The summed E-state index contributed by atoms with van der Waals surface area (Å²) >= 11 is 5.97. The van der Waals surface area contributed by atoms with E-state index in [-0.39, 0.29) is 0 Å². The van der Waals surface area contributed by atoms with Gasteiger partial charge in [-0.2, -0.15) is 5.26 Å². The Morgan fingerprint density at radius 2 is 2.33 bits per heavy atom. The molecule has 0 unspecified atom stereocenters. The second kappa shape index (κ2) is 5.56. The second-order valence-electron chi connectivity index (χ2n) is 3.83. The van der Waals surface area contributed by atoms with Crippen LogP contribution in [0, 0.1) is 11.3 Å². The third-order valence-electron chi connectivity index (χ3n) is 2.70. The quantitative estimate of drug-likeness (QED) is 0.919. The lowest BCUT2D eigenvalue weighted by Gasteiger charge is -2.09. The molecule has 1 aromatic carbocycles. The van der Waals surface area contributed by atoms with Gasteiger partial charge in [-0.1, -0.05) is 11.6 Å². The Labute approximate surface area is 111 Å². The van der Waals surface area contributed by atoms with E-state index in [1.807, 2.05) is 24.7 Å². The van der Waals surface area contributed by atoms with E-state index < -0.39 is 0 Å². The fourth-order valence-electron chi connectivity index (χ4n) is 1.69. The van der Waals surface area contributed by atoms with E-state index in [2.05, 4.69) is 21.8 Å². The molecule has 1 aromatic heterocycles. The average Bonchev–Trinajstić information content (AvgIpc) is 2.84. The molecular weight excluding hydrogens is 248 g/mol. The summed E-state index contributed by atoms with van der Waals surface area (Å²) in [5.74, 6) is 0. The first-order chi connectivity index (χ1) is 8.74. The van der Waals surface area contributed by atoms with E-state index in [4.69, 9.17) is 16.9 Å². The van der Waals surface area contributed by atoms with Crippen LogP contribution in [-0.2, 0) is 13.1 Å². The van der Waals surface area contributed by atoms with Gasteiger partial charge in [0.25, 0.3) is 0 Å². The van der Waals surface area contributed by atoms with Gasteiger partial charge in [-0.15, -0.1) is 0 Å². The highest BCUT2D eigenvalue weighted by molar-refractivity contribution is 6.32. The Morgan fingerprint density at radius 3 is 3.00 bits per heavy atom. The number of benzene rings is 1. The number of anilines is 1. The summed E-state index contributed by atoms with van der Waals surface area (Å²) in [5.41, 5.74) is 2.49. The molecule has 1 N–H and O–H groups in total. The molecule has 18 heavy (non-hydrogen) atoms. The van der Waals surface area contributed by atoms with Gasteiger partial charge in [-0.3, -0.25) is 0 Å². The van der Waals surface area contributed by atoms with Crippen molar-refractivity contribution in [3.05, 3.63) is 47.0 Å². The normalized spacial score (nSPS) is 10.1. The van der Waals surface area contributed by atoms with E-state index in [1.54, 1.807) is 12.1 Å². The Morgan fingerprint density at radius 1 is 1.50 bits per heavy atom. The van der Waals surface area contributed by atoms with Crippen molar-refractivity contribution >= 4 is 17.3 Å². The van der Waals surface area contributed by atoms with Crippen molar-refractivity contribution < 1.29 is 0 Å². The maximum absolute atomic E-state index is 8.79. The molecule has 0 aliphatic rings. The minimum absolute atomic E-state index is 0.464. The predicted molar refractivity (Wildman–Crippen MR) is 71.4 cm³/mol. The highest BCUT2D eigenvalue weighted by atomic mass is 35.5. The standard InChI is InChI=1S/C13H13ClN4/c1-2-18-9-16-7-12(18)8-17-11-4-3-10(6-15)13(14)5-11/h3-5,7,9,17H,2,8H2,1H3. The molecule has 0 aliphatic heterocycles. The third kappa shape index (κ3) is 2.63. The number of aryl methyl sites for hydroxylation is 1. The zero-order chi connectivity index (χ0) is 13.0. The topological polar surface area (TPSA) is 53.6 Å². The van der Waals surface area contributed by atoms with Crippen LogP contribution >= 0.6 is 11.6 Å². The van der Waals surface area contributed by atoms with E-state index in [0.717, 1.165) is 17.9 Å². The first-order valence-corrected chi connectivity index (χ1v) is 6.05. The van der Waals surface area contributed by atoms with Crippen LogP contribution in [0.4, 0.5) is 5.69 Å². The molecule has 0 bridgehead atoms. The van der Waals surface area contributed by atoms with Crippen LogP contribution in [0.5, 0.6) is 0 Å². The maximum atomic E-state index is 8.79. The van der Waals surface area contributed by atoms with Crippen LogP contribution < -0.4 is 5.32 Å². The highest BCUT2D eigenvalue weighted by Gasteiger charge is 2.03. The van der Waals surface area contributed by atoms with E-state index in [1.165, 1.54) is 0 Å². The number of aromatic nitrogens is 2. The molecule has 0 spiro atoms. The number of imidazole rings is 1. The minimum Gasteiger partial charge on any atom is -0.379 e. The van der Waals surface area contributed by atoms with Gasteiger partial charge in [-0.05, 0) is 25.1 Å². The molecule has 0 radical (unpaired) electrons. The maximum Gasteiger partial charge on any atom is 0.101 e. The van der Waals surface area contributed by atoms with Crippen LogP contribution in [-0.4, -0.2) is 9.55 Å². The Kier molecular flexibility index (Phi) is 3.85. The Balaban J connectivity index is 2.07. The molecule has 2 aromatic rings. The number of hydrogen-bond acceptors (Lipinski definition) is 3. The van der Waals surface area contributed by atoms with Gasteiger partial charge in [0.1, 0.15) is 6.07 Å². The molecule has 1 heterocycles. The number of nitrogens with one attached hydrogen (secondary N) is 1.